The van der Waals surface area contributed by atoms with Crippen LogP contribution in [0.15, 0.2) is 119 Å². The molecule has 0 radical (unpaired) electrons. The Kier molecular flexibility index (Phi) is 16.2. The highest BCUT2D eigenvalue weighted by atomic mass is 16.6. The Morgan fingerprint density at radius 1 is 0.792 bits per heavy atom. The van der Waals surface area contributed by atoms with E-state index >= 15 is 4.79 Å². The number of amides is 1. The average molecular weight is 1060 g/mol. The number of aliphatic hydroxyl groups is 3. The predicted molar refractivity (Wildman–Crippen MR) is 276 cm³/mol. The Morgan fingerprint density at radius 2 is 1.39 bits per heavy atom. The maximum atomic E-state index is 15.5. The van der Waals surface area contributed by atoms with Crippen molar-refractivity contribution in [1.82, 2.24) is 10.0 Å². The molecule has 5 aliphatic rings. The summed E-state index contributed by atoms with van der Waals surface area (Å²) >= 11 is 0. The van der Waals surface area contributed by atoms with Crippen molar-refractivity contribution in [2.75, 3.05) is 6.61 Å². The second-order valence-corrected chi connectivity index (χ2v) is 21.8. The van der Waals surface area contributed by atoms with Gasteiger partial charge in [-0.05, 0) is 86.2 Å². The highest BCUT2D eigenvalue weighted by molar-refractivity contribution is 5.96. The minimum absolute atomic E-state index is 0.00289. The number of carbonyl (C=O) groups is 6. The summed E-state index contributed by atoms with van der Waals surface area (Å²) in [6, 6.07) is 26.3. The molecule has 5 N–H and O–H groups in total. The minimum atomic E-state index is -2.39. The van der Waals surface area contributed by atoms with Crippen LogP contribution in [-0.4, -0.2) is 115 Å². The number of ether oxygens (including phenoxy) is 5. The lowest BCUT2D eigenvalue weighted by atomic mass is 9.44. The molecule has 2 heterocycles. The van der Waals surface area contributed by atoms with Crippen LogP contribution in [0.4, 0.5) is 0 Å². The van der Waals surface area contributed by atoms with Crippen LogP contribution in [0.2, 0.25) is 0 Å². The van der Waals surface area contributed by atoms with Gasteiger partial charge in [0.25, 0.3) is 11.5 Å². The number of nitrogens with one attached hydrogen (secondary N) is 1. The molecule has 0 unspecified atom stereocenters. The first-order valence-corrected chi connectivity index (χ1v) is 26.1. The number of esters is 4. The zero-order valence-corrected chi connectivity index (χ0v) is 44.3. The molecule has 4 aliphatic carbocycles. The summed E-state index contributed by atoms with van der Waals surface area (Å²) in [5.74, 6) is -6.48. The van der Waals surface area contributed by atoms with Gasteiger partial charge in [0.05, 0.1) is 41.3 Å². The van der Waals surface area contributed by atoms with Crippen molar-refractivity contribution >= 4 is 35.6 Å². The van der Waals surface area contributed by atoms with Gasteiger partial charge in [0, 0.05) is 49.7 Å². The zero-order chi connectivity index (χ0) is 55.8. The van der Waals surface area contributed by atoms with Crippen LogP contribution in [-0.2, 0) is 42.9 Å². The van der Waals surface area contributed by atoms with Gasteiger partial charge in [-0.2, -0.15) is 4.73 Å². The van der Waals surface area contributed by atoms with Crippen molar-refractivity contribution in [3.63, 3.8) is 0 Å². The first-order valence-electron chi connectivity index (χ1n) is 26.1. The molecule has 3 saturated carbocycles. The van der Waals surface area contributed by atoms with E-state index in [1.807, 2.05) is 13.0 Å². The van der Waals surface area contributed by atoms with Crippen molar-refractivity contribution in [3.05, 3.63) is 153 Å². The lowest BCUT2D eigenvalue weighted by Crippen LogP contribution is -2.82. The van der Waals surface area contributed by atoms with Crippen molar-refractivity contribution < 1.29 is 73.0 Å². The van der Waals surface area contributed by atoms with Gasteiger partial charge >= 0.3 is 23.9 Å². The molecule has 2 bridgehead atoms. The number of aromatic nitrogens is 1. The van der Waals surface area contributed by atoms with E-state index < -0.39 is 113 Å². The number of hydrogen-bond donors (Lipinski definition) is 5. The van der Waals surface area contributed by atoms with Gasteiger partial charge in [-0.25, -0.2) is 9.59 Å². The molecule has 11 atom stereocenters. The molecular formula is C59H68N2O16. The SMILES string of the molecule is CC(=O)O[C@H]1C(=O)[C@@]2(C)[C@H]([C@H](OC(=O)c3ccccc3)[C@]3(O)C[C@H](OC(=O)[C@H](O)[C@@H](NC(=O)c4ccccc4)c4ccccc4)C(C)=C1C3(C)C)[C@]1(OC(C)=O)CO[C@@H]1C[C@@H]2O.Cc1cc(C2CCCCC2)n(O)c(=O)c1. The number of rotatable bonds is 11. The Hall–Kier alpha value is -6.99. The summed E-state index contributed by atoms with van der Waals surface area (Å²) in [4.78, 5) is 94.9. The van der Waals surface area contributed by atoms with Crippen LogP contribution in [0, 0.1) is 23.7 Å². The number of pyridine rings is 1. The first kappa shape index (κ1) is 56.2. The third-order valence-electron chi connectivity index (χ3n) is 16.7. The second-order valence-electron chi connectivity index (χ2n) is 21.8. The van der Waals surface area contributed by atoms with E-state index in [-0.39, 0.29) is 40.9 Å². The molecule has 410 valence electrons. The molecule has 3 aromatic carbocycles. The van der Waals surface area contributed by atoms with E-state index in [0.717, 1.165) is 42.7 Å². The molecule has 0 spiro atoms. The number of aliphatic hydroxyl groups excluding tert-OH is 2. The lowest BCUT2D eigenvalue weighted by Gasteiger charge is -2.67. The highest BCUT2D eigenvalue weighted by Crippen LogP contribution is 2.64. The number of benzene rings is 3. The van der Waals surface area contributed by atoms with Crippen molar-refractivity contribution in [2.24, 2.45) is 16.7 Å². The van der Waals surface area contributed by atoms with Crippen LogP contribution in [0.25, 0.3) is 0 Å². The van der Waals surface area contributed by atoms with Crippen LogP contribution in [0.3, 0.4) is 0 Å². The zero-order valence-electron chi connectivity index (χ0n) is 44.3. The third kappa shape index (κ3) is 10.5. The van der Waals surface area contributed by atoms with Gasteiger partial charge in [0.1, 0.15) is 23.9 Å². The fourth-order valence-electron chi connectivity index (χ4n) is 12.6. The van der Waals surface area contributed by atoms with E-state index in [1.165, 1.54) is 51.3 Å². The average Bonchev–Trinajstić information content (AvgIpc) is 3.58. The monoisotopic (exact) mass is 1060 g/mol. The summed E-state index contributed by atoms with van der Waals surface area (Å²) < 4.78 is 31.1. The Balaban J connectivity index is 0.000000447. The number of nitrogens with zero attached hydrogens (tertiary/aromatic N) is 1. The summed E-state index contributed by atoms with van der Waals surface area (Å²) in [7, 11) is 0. The molecule has 1 saturated heterocycles. The van der Waals surface area contributed by atoms with Gasteiger partial charge in [0.15, 0.2) is 23.6 Å². The largest absolute Gasteiger partial charge is 0.456 e. The summed E-state index contributed by atoms with van der Waals surface area (Å²) in [5, 5.41) is 49.9. The van der Waals surface area contributed by atoms with Crippen molar-refractivity contribution in [1.29, 1.82) is 0 Å². The Labute approximate surface area is 446 Å². The topological polar surface area (TPSA) is 264 Å². The Bertz CT molecular complexity index is 2970. The normalized spacial score (nSPS) is 29.1. The number of fused-ring (bicyclic) bond motifs is 5. The Morgan fingerprint density at radius 3 is 1.96 bits per heavy atom. The molecule has 1 aromatic heterocycles. The maximum Gasteiger partial charge on any atom is 0.338 e. The van der Waals surface area contributed by atoms with E-state index in [4.69, 9.17) is 23.7 Å². The number of hydrogen-bond acceptors (Lipinski definition) is 16. The highest BCUT2D eigenvalue weighted by Gasteiger charge is 2.78. The fraction of sp³-hybridized carbons (Fsp3) is 0.475. The molecular weight excluding hydrogens is 993 g/mol. The molecule has 4 aromatic rings. The number of Topliss-reactive ketones (excluding diaryl/α,β-unsaturated/α-hetero) is 1. The molecule has 77 heavy (non-hydrogen) atoms. The van der Waals surface area contributed by atoms with E-state index in [0.29, 0.717) is 11.5 Å². The molecule has 18 heteroatoms. The molecule has 1 amide bonds. The predicted octanol–water partition coefficient (Wildman–Crippen LogP) is 6.18. The number of aryl methyl sites for hydroxylation is 1. The summed E-state index contributed by atoms with van der Waals surface area (Å²) in [6.45, 7) is 9.87. The molecule has 4 fully saturated rings. The van der Waals surface area contributed by atoms with Crippen molar-refractivity contribution in [3.8, 4) is 0 Å². The lowest BCUT2D eigenvalue weighted by molar-refractivity contribution is -0.346. The quantitative estimate of drug-likeness (QED) is 0.0486. The van der Waals surface area contributed by atoms with Crippen LogP contribution < -0.4 is 10.9 Å². The summed E-state index contributed by atoms with van der Waals surface area (Å²) in [5.41, 5.74) is -5.60. The van der Waals surface area contributed by atoms with Crippen LogP contribution in [0.1, 0.15) is 136 Å². The standard InChI is InChI=1S/C47H51NO14.C12H17NO2/c1-25-31(60-43(56)36(52)35(28-16-10-7-11-17-28)48-41(54)29-18-12-8-13-19-29)23-47(57)40(61-42(55)30-20-14-9-15-21-30)38-45(6,32(51)22-33-46(38,24-58-33)62-27(3)50)39(53)37(59-26(2)49)34(25)44(47,4)5;1-9-7-11(13(15)12(14)8-9)10-5-3-2-4-6-10/h7-21,31-33,35-38,40,51-52,57H,22-24H2,1-6H3,(H,48,54);7-8,10,15H,2-6H2,1H3/t31-,32-,33+,35-,36+,37+,38-,40-,45+,46-,47+;/m0./s1. The van der Waals surface area contributed by atoms with E-state index in [1.54, 1.807) is 92.7 Å². The van der Waals surface area contributed by atoms with Gasteiger partial charge in [-0.1, -0.05) is 99.8 Å². The minimum Gasteiger partial charge on any atom is -0.456 e. The van der Waals surface area contributed by atoms with Gasteiger partial charge in [-0.15, -0.1) is 0 Å². The van der Waals surface area contributed by atoms with Crippen LogP contribution in [0.5, 0.6) is 0 Å². The molecule has 1 aliphatic heterocycles. The van der Waals surface area contributed by atoms with E-state index in [9.17, 15) is 49.3 Å². The number of ketones is 1. The third-order valence-corrected chi connectivity index (χ3v) is 16.7. The molecule has 9 rings (SSSR count). The molecule has 18 nitrogen and oxygen atoms in total. The van der Waals surface area contributed by atoms with Crippen molar-refractivity contribution in [2.45, 2.75) is 153 Å². The second kappa shape index (κ2) is 22.2. The smallest absolute Gasteiger partial charge is 0.338 e. The van der Waals surface area contributed by atoms with Gasteiger partial charge in [-0.3, -0.25) is 24.0 Å². The van der Waals surface area contributed by atoms with Gasteiger partial charge in [0.2, 0.25) is 0 Å². The fourth-order valence-corrected chi connectivity index (χ4v) is 12.6. The number of carbonyl (C=O) groups excluding carboxylic acids is 6. The summed E-state index contributed by atoms with van der Waals surface area (Å²) in [6.07, 6.45) is -4.66. The van der Waals surface area contributed by atoms with E-state index in [2.05, 4.69) is 5.32 Å². The van der Waals surface area contributed by atoms with Crippen LogP contribution >= 0.6 is 0 Å². The van der Waals surface area contributed by atoms with Gasteiger partial charge < -0.3 is 49.5 Å². The maximum absolute atomic E-state index is 15.5. The first-order chi connectivity index (χ1) is 36.5.